The molecule has 1 aromatic carbocycles. The molecule has 0 saturated carbocycles. The zero-order valence-corrected chi connectivity index (χ0v) is 10.1. The van der Waals surface area contributed by atoms with Crippen LogP contribution in [0.1, 0.15) is 13.8 Å². The van der Waals surface area contributed by atoms with Gasteiger partial charge in [0, 0.05) is 29.1 Å². The number of phenolic OH excluding ortho intramolecular Hbond substituents is 1. The Morgan fingerprint density at radius 2 is 1.94 bits per heavy atom. The van der Waals surface area contributed by atoms with Gasteiger partial charge in [-0.05, 0) is 12.1 Å². The van der Waals surface area contributed by atoms with Crippen LogP contribution in [0.2, 0.25) is 5.02 Å². The van der Waals surface area contributed by atoms with Crippen LogP contribution in [0.3, 0.4) is 0 Å². The quantitative estimate of drug-likeness (QED) is 0.761. The van der Waals surface area contributed by atoms with Crippen LogP contribution in [0.25, 0.3) is 0 Å². The Morgan fingerprint density at radius 1 is 1.31 bits per heavy atom. The predicted octanol–water partition coefficient (Wildman–Crippen LogP) is 1.81. The first kappa shape index (κ1) is 11.8. The SMILES string of the molecule is CC1(C)COB(c2ccc(O)cc2Cl)OC1. The molecule has 1 saturated heterocycles. The number of phenols is 1. The lowest BCUT2D eigenvalue weighted by atomic mass is 9.76. The normalized spacial score (nSPS) is 19.8. The summed E-state index contributed by atoms with van der Waals surface area (Å²) in [5, 5.41) is 9.72. The highest BCUT2D eigenvalue weighted by Gasteiger charge is 2.34. The second-order valence-corrected chi connectivity index (χ2v) is 5.23. The summed E-state index contributed by atoms with van der Waals surface area (Å²) < 4.78 is 11.2. The largest absolute Gasteiger partial charge is 0.508 e. The van der Waals surface area contributed by atoms with Crippen LogP contribution in [0.4, 0.5) is 0 Å². The molecule has 86 valence electrons. The highest BCUT2D eigenvalue weighted by atomic mass is 35.5. The van der Waals surface area contributed by atoms with E-state index in [1.807, 2.05) is 0 Å². The minimum absolute atomic E-state index is 0.0416. The van der Waals surface area contributed by atoms with E-state index in [1.54, 1.807) is 12.1 Å². The molecule has 0 atom stereocenters. The van der Waals surface area contributed by atoms with E-state index in [0.717, 1.165) is 5.46 Å². The first-order valence-electron chi connectivity index (χ1n) is 5.20. The fourth-order valence-electron chi connectivity index (χ4n) is 1.58. The predicted molar refractivity (Wildman–Crippen MR) is 64.2 cm³/mol. The third kappa shape index (κ3) is 2.51. The highest BCUT2D eigenvalue weighted by Crippen LogP contribution is 2.23. The van der Waals surface area contributed by atoms with Gasteiger partial charge in [-0.25, -0.2) is 0 Å². The van der Waals surface area contributed by atoms with Crippen LogP contribution < -0.4 is 5.46 Å². The van der Waals surface area contributed by atoms with Crippen LogP contribution in [-0.4, -0.2) is 25.4 Å². The molecule has 2 rings (SSSR count). The van der Waals surface area contributed by atoms with Gasteiger partial charge in [0.1, 0.15) is 5.75 Å². The molecule has 5 heteroatoms. The summed E-state index contributed by atoms with van der Waals surface area (Å²) in [7, 11) is -0.430. The lowest BCUT2D eigenvalue weighted by Gasteiger charge is -2.33. The molecule has 0 spiro atoms. The molecule has 16 heavy (non-hydrogen) atoms. The van der Waals surface area contributed by atoms with Gasteiger partial charge < -0.3 is 14.4 Å². The molecular formula is C11H14BClO3. The Bertz CT molecular complexity index is 385. The molecule has 0 bridgehead atoms. The Balaban J connectivity index is 2.14. The van der Waals surface area contributed by atoms with Gasteiger partial charge >= 0.3 is 7.12 Å². The second-order valence-electron chi connectivity index (χ2n) is 4.82. The zero-order chi connectivity index (χ0) is 11.8. The molecule has 0 aromatic heterocycles. The first-order valence-corrected chi connectivity index (χ1v) is 5.57. The molecule has 1 N–H and O–H groups in total. The van der Waals surface area contributed by atoms with Crippen molar-refractivity contribution in [1.82, 2.24) is 0 Å². The van der Waals surface area contributed by atoms with E-state index in [-0.39, 0.29) is 11.2 Å². The third-order valence-electron chi connectivity index (χ3n) is 2.49. The third-order valence-corrected chi connectivity index (χ3v) is 2.82. The van der Waals surface area contributed by atoms with Crippen molar-refractivity contribution in [3.8, 4) is 5.75 Å². The fourth-order valence-corrected chi connectivity index (χ4v) is 1.84. The number of aromatic hydroxyl groups is 1. The zero-order valence-electron chi connectivity index (χ0n) is 9.37. The van der Waals surface area contributed by atoms with Gasteiger partial charge in [0.2, 0.25) is 0 Å². The van der Waals surface area contributed by atoms with E-state index in [9.17, 15) is 5.11 Å². The van der Waals surface area contributed by atoms with E-state index < -0.39 is 7.12 Å². The summed E-state index contributed by atoms with van der Waals surface area (Å²) in [6.07, 6.45) is 0. The molecule has 0 aliphatic carbocycles. The second kappa shape index (κ2) is 4.28. The highest BCUT2D eigenvalue weighted by molar-refractivity contribution is 6.65. The van der Waals surface area contributed by atoms with E-state index >= 15 is 0 Å². The average Bonchev–Trinajstić information content (AvgIpc) is 2.19. The van der Waals surface area contributed by atoms with Crippen molar-refractivity contribution >= 4 is 24.2 Å². The van der Waals surface area contributed by atoms with Crippen LogP contribution in [0, 0.1) is 5.41 Å². The maximum absolute atomic E-state index is 9.25. The van der Waals surface area contributed by atoms with E-state index in [0.29, 0.717) is 18.2 Å². The summed E-state index contributed by atoms with van der Waals surface area (Å²) in [4.78, 5) is 0. The Kier molecular flexibility index (Phi) is 3.15. The summed E-state index contributed by atoms with van der Waals surface area (Å²) in [5.74, 6) is 0.143. The first-order chi connectivity index (χ1) is 7.48. The average molecular weight is 240 g/mol. The summed E-state index contributed by atoms with van der Waals surface area (Å²) in [6.45, 7) is 5.44. The summed E-state index contributed by atoms with van der Waals surface area (Å²) >= 11 is 6.01. The molecule has 1 fully saturated rings. The summed E-state index contributed by atoms with van der Waals surface area (Å²) in [5.41, 5.74) is 0.801. The van der Waals surface area contributed by atoms with Crippen LogP contribution in [-0.2, 0) is 9.31 Å². The van der Waals surface area contributed by atoms with Crippen molar-refractivity contribution < 1.29 is 14.4 Å². The maximum Gasteiger partial charge on any atom is 0.495 e. The van der Waals surface area contributed by atoms with Crippen molar-refractivity contribution in [3.05, 3.63) is 23.2 Å². The van der Waals surface area contributed by atoms with Crippen molar-refractivity contribution in [2.75, 3.05) is 13.2 Å². The molecule has 1 aliphatic rings. The monoisotopic (exact) mass is 240 g/mol. The van der Waals surface area contributed by atoms with E-state index in [2.05, 4.69) is 13.8 Å². The molecule has 1 aliphatic heterocycles. The number of rotatable bonds is 1. The van der Waals surface area contributed by atoms with Gasteiger partial charge in [-0.1, -0.05) is 31.5 Å². The lowest BCUT2D eigenvalue weighted by molar-refractivity contribution is 0.0343. The van der Waals surface area contributed by atoms with Crippen molar-refractivity contribution in [3.63, 3.8) is 0 Å². The van der Waals surface area contributed by atoms with Gasteiger partial charge in [0.25, 0.3) is 0 Å². The standard InChI is InChI=1S/C11H14BClO3/c1-11(2)6-15-12(16-7-11)9-4-3-8(14)5-10(9)13/h3-5,14H,6-7H2,1-2H3. The van der Waals surface area contributed by atoms with Gasteiger partial charge in [0.15, 0.2) is 0 Å². The van der Waals surface area contributed by atoms with Crippen LogP contribution >= 0.6 is 11.6 Å². The molecule has 1 aromatic rings. The molecule has 1 heterocycles. The molecular weight excluding hydrogens is 226 g/mol. The fraction of sp³-hybridized carbons (Fsp3) is 0.455. The van der Waals surface area contributed by atoms with Crippen molar-refractivity contribution in [2.24, 2.45) is 5.41 Å². The van der Waals surface area contributed by atoms with Gasteiger partial charge in [0.05, 0.1) is 0 Å². The smallest absolute Gasteiger partial charge is 0.495 e. The molecule has 3 nitrogen and oxygen atoms in total. The Hall–Kier alpha value is -0.705. The van der Waals surface area contributed by atoms with Crippen molar-refractivity contribution in [1.29, 1.82) is 0 Å². The van der Waals surface area contributed by atoms with Crippen molar-refractivity contribution in [2.45, 2.75) is 13.8 Å². The number of hydrogen-bond acceptors (Lipinski definition) is 3. The van der Waals surface area contributed by atoms with E-state index in [4.69, 9.17) is 20.9 Å². The van der Waals surface area contributed by atoms with Gasteiger partial charge in [-0.15, -0.1) is 0 Å². The van der Waals surface area contributed by atoms with Crippen LogP contribution in [0.5, 0.6) is 5.75 Å². The minimum atomic E-state index is -0.430. The number of benzene rings is 1. The number of halogens is 1. The Labute approximate surface area is 100 Å². The number of hydrogen-bond donors (Lipinski definition) is 1. The summed E-state index contributed by atoms with van der Waals surface area (Å²) in [6, 6.07) is 4.79. The molecule has 0 radical (unpaired) electrons. The van der Waals surface area contributed by atoms with Gasteiger partial charge in [-0.3, -0.25) is 0 Å². The Morgan fingerprint density at radius 3 is 2.50 bits per heavy atom. The minimum Gasteiger partial charge on any atom is -0.508 e. The van der Waals surface area contributed by atoms with E-state index in [1.165, 1.54) is 6.07 Å². The van der Waals surface area contributed by atoms with Gasteiger partial charge in [-0.2, -0.15) is 0 Å². The molecule has 0 unspecified atom stereocenters. The lowest BCUT2D eigenvalue weighted by Crippen LogP contribution is -2.47. The maximum atomic E-state index is 9.25. The topological polar surface area (TPSA) is 38.7 Å². The molecule has 0 amide bonds. The van der Waals surface area contributed by atoms with Crippen LogP contribution in [0.15, 0.2) is 18.2 Å².